The van der Waals surface area contributed by atoms with Crippen molar-refractivity contribution in [2.45, 2.75) is 44.1 Å². The van der Waals surface area contributed by atoms with Crippen molar-refractivity contribution in [1.82, 2.24) is 19.9 Å². The number of benzene rings is 2. The van der Waals surface area contributed by atoms with E-state index in [2.05, 4.69) is 31.7 Å². The van der Waals surface area contributed by atoms with E-state index >= 15 is 4.39 Å². The summed E-state index contributed by atoms with van der Waals surface area (Å²) in [5, 5.41) is 13.7. The normalized spacial score (nSPS) is 16.6. The Hall–Kier alpha value is -3.69. The van der Waals surface area contributed by atoms with Crippen LogP contribution in [0.4, 0.5) is 14.6 Å². The predicted octanol–water partition coefficient (Wildman–Crippen LogP) is 5.83. The highest BCUT2D eigenvalue weighted by Gasteiger charge is 2.45. The fourth-order valence-electron chi connectivity index (χ4n) is 6.06. The molecule has 7 nitrogen and oxygen atoms in total. The monoisotopic (exact) mass is 531 g/mol. The number of nitrogens with zero attached hydrogens (tertiary/aromatic N) is 4. The molecule has 2 aliphatic heterocycles. The summed E-state index contributed by atoms with van der Waals surface area (Å²) < 4.78 is 37.3. The van der Waals surface area contributed by atoms with Crippen molar-refractivity contribution in [2.24, 2.45) is 0 Å². The smallest absolute Gasteiger partial charge is 0.319 e. The van der Waals surface area contributed by atoms with E-state index in [1.54, 1.807) is 30.3 Å². The maximum absolute atomic E-state index is 16.2. The molecule has 39 heavy (non-hydrogen) atoms. The van der Waals surface area contributed by atoms with Gasteiger partial charge in [-0.05, 0) is 63.1 Å². The lowest BCUT2D eigenvalue weighted by atomic mass is 9.95. The van der Waals surface area contributed by atoms with E-state index in [9.17, 15) is 9.50 Å². The van der Waals surface area contributed by atoms with Crippen molar-refractivity contribution < 1.29 is 18.6 Å². The van der Waals surface area contributed by atoms with Crippen LogP contribution < -0.4 is 10.1 Å². The number of allylic oxidation sites excluding steroid dienone is 1. The molecule has 4 heterocycles. The molecule has 0 bridgehead atoms. The van der Waals surface area contributed by atoms with Crippen LogP contribution in [0.15, 0.2) is 54.9 Å². The first-order chi connectivity index (χ1) is 19.0. The van der Waals surface area contributed by atoms with E-state index in [0.29, 0.717) is 52.7 Å². The number of anilines is 1. The predicted molar refractivity (Wildman–Crippen MR) is 148 cm³/mol. The summed E-state index contributed by atoms with van der Waals surface area (Å²) in [6, 6.07) is 10.0. The zero-order valence-corrected chi connectivity index (χ0v) is 21.7. The van der Waals surface area contributed by atoms with Crippen LogP contribution in [0.25, 0.3) is 32.9 Å². The van der Waals surface area contributed by atoms with E-state index < -0.39 is 11.6 Å². The van der Waals surface area contributed by atoms with Crippen molar-refractivity contribution in [3.8, 4) is 17.3 Å². The second kappa shape index (κ2) is 10.5. The minimum absolute atomic E-state index is 0.00395. The summed E-state index contributed by atoms with van der Waals surface area (Å²) in [5.41, 5.74) is 0.970. The van der Waals surface area contributed by atoms with Gasteiger partial charge < -0.3 is 15.2 Å². The number of ether oxygens (including phenoxy) is 1. The first kappa shape index (κ1) is 25.6. The van der Waals surface area contributed by atoms with Crippen LogP contribution in [0.1, 0.15) is 38.5 Å². The van der Waals surface area contributed by atoms with Gasteiger partial charge in [-0.3, -0.25) is 9.88 Å². The van der Waals surface area contributed by atoms with Gasteiger partial charge in [0.25, 0.3) is 0 Å². The van der Waals surface area contributed by atoms with Gasteiger partial charge in [0.1, 0.15) is 29.5 Å². The van der Waals surface area contributed by atoms with Gasteiger partial charge >= 0.3 is 6.01 Å². The zero-order chi connectivity index (χ0) is 27.0. The van der Waals surface area contributed by atoms with E-state index in [0.717, 1.165) is 38.8 Å². The lowest BCUT2D eigenvalue weighted by Gasteiger charge is -2.31. The number of aromatic nitrogens is 3. The molecule has 2 saturated heterocycles. The average molecular weight is 532 g/mol. The Labute approximate surface area is 225 Å². The van der Waals surface area contributed by atoms with Gasteiger partial charge in [0, 0.05) is 29.5 Å². The van der Waals surface area contributed by atoms with E-state index in [1.807, 2.05) is 0 Å². The molecule has 2 aliphatic rings. The lowest BCUT2D eigenvalue weighted by molar-refractivity contribution is 0.108. The molecule has 0 aliphatic carbocycles. The van der Waals surface area contributed by atoms with E-state index in [1.165, 1.54) is 12.3 Å². The Bertz CT molecular complexity index is 1540. The zero-order valence-electron chi connectivity index (χ0n) is 21.7. The van der Waals surface area contributed by atoms with Crippen LogP contribution in [-0.2, 0) is 0 Å². The summed E-state index contributed by atoms with van der Waals surface area (Å²) in [6.07, 6.45) is 6.90. The van der Waals surface area contributed by atoms with E-state index in [4.69, 9.17) is 4.74 Å². The molecule has 0 amide bonds. The highest BCUT2D eigenvalue weighted by molar-refractivity contribution is 5.99. The summed E-state index contributed by atoms with van der Waals surface area (Å²) in [6.45, 7) is 6.60. The highest BCUT2D eigenvalue weighted by atomic mass is 19.1. The van der Waals surface area contributed by atoms with Gasteiger partial charge in [-0.25, -0.2) is 8.78 Å². The Morgan fingerprint density at radius 3 is 2.64 bits per heavy atom. The first-order valence-corrected chi connectivity index (χ1v) is 13.5. The molecule has 9 heteroatoms. The van der Waals surface area contributed by atoms with Gasteiger partial charge in [0.2, 0.25) is 0 Å². The number of hydrogen-bond acceptors (Lipinski definition) is 7. The molecule has 0 saturated carbocycles. The largest absolute Gasteiger partial charge is 0.461 e. The molecule has 0 spiro atoms. The van der Waals surface area contributed by atoms with Crippen LogP contribution in [0.5, 0.6) is 6.01 Å². The summed E-state index contributed by atoms with van der Waals surface area (Å²) in [5.74, 6) is -0.802. The van der Waals surface area contributed by atoms with Crippen molar-refractivity contribution in [3.63, 3.8) is 0 Å². The van der Waals surface area contributed by atoms with Crippen LogP contribution in [0.2, 0.25) is 0 Å². The number of fused-ring (bicyclic) bond motifs is 3. The van der Waals surface area contributed by atoms with Crippen LogP contribution in [0, 0.1) is 11.6 Å². The van der Waals surface area contributed by atoms with Gasteiger partial charge in [0.15, 0.2) is 5.82 Å². The van der Waals surface area contributed by atoms with Gasteiger partial charge in [0.05, 0.1) is 10.9 Å². The lowest BCUT2D eigenvalue weighted by Crippen LogP contribution is -2.43. The number of hydrogen-bond donors (Lipinski definition) is 2. The van der Waals surface area contributed by atoms with Crippen LogP contribution in [0.3, 0.4) is 0 Å². The van der Waals surface area contributed by atoms with Crippen molar-refractivity contribution in [2.75, 3.05) is 31.6 Å². The number of halogens is 2. The number of pyridine rings is 1. The van der Waals surface area contributed by atoms with Gasteiger partial charge in [-0.2, -0.15) is 9.97 Å². The molecule has 0 unspecified atom stereocenters. The second-order valence-electron chi connectivity index (χ2n) is 10.4. The van der Waals surface area contributed by atoms with Crippen LogP contribution in [-0.4, -0.2) is 56.8 Å². The fourth-order valence-corrected chi connectivity index (χ4v) is 6.06. The third-order valence-electron chi connectivity index (χ3n) is 7.99. The standard InChI is InChI=1S/C30H31F2N5O2/c1-19(7-4-16-38)34-28-22-17-33-26(21-10-2-8-20-9-3-11-23(31)24(20)21)25(32)27(22)35-29(36-28)39-18-30-12-5-14-37(30)15-6-13-30/h2-3,8-11,17,38H,1,4-7,12-16,18H2,(H,34,35,36). The Morgan fingerprint density at radius 2 is 1.87 bits per heavy atom. The Kier molecular flexibility index (Phi) is 6.86. The first-order valence-electron chi connectivity index (χ1n) is 13.5. The molecular weight excluding hydrogens is 500 g/mol. The third kappa shape index (κ3) is 4.70. The molecule has 2 N–H and O–H groups in total. The summed E-state index contributed by atoms with van der Waals surface area (Å²) in [7, 11) is 0. The Morgan fingerprint density at radius 1 is 1.10 bits per heavy atom. The maximum Gasteiger partial charge on any atom is 0.319 e. The minimum atomic E-state index is -0.680. The molecule has 0 radical (unpaired) electrons. The number of aliphatic hydroxyl groups excluding tert-OH is 1. The number of rotatable bonds is 9. The maximum atomic E-state index is 16.2. The molecule has 2 fully saturated rings. The SMILES string of the molecule is C=C(CCCO)Nc1nc(OCC23CCCN2CCC3)nc2c(F)c(-c3cccc4cccc(F)c34)ncc12. The van der Waals surface area contributed by atoms with Crippen LogP contribution >= 0.6 is 0 Å². The highest BCUT2D eigenvalue weighted by Crippen LogP contribution is 2.40. The second-order valence-corrected chi connectivity index (χ2v) is 10.4. The van der Waals surface area contributed by atoms with Gasteiger partial charge in [-0.1, -0.05) is 36.9 Å². The minimum Gasteiger partial charge on any atom is -0.461 e. The molecule has 4 aromatic rings. The van der Waals surface area contributed by atoms with Crippen molar-refractivity contribution in [1.29, 1.82) is 0 Å². The molecule has 202 valence electrons. The van der Waals surface area contributed by atoms with Gasteiger partial charge in [-0.15, -0.1) is 0 Å². The summed E-state index contributed by atoms with van der Waals surface area (Å²) in [4.78, 5) is 15.9. The number of nitrogens with one attached hydrogen (secondary N) is 1. The quantitative estimate of drug-likeness (QED) is 0.281. The molecule has 6 rings (SSSR count). The topological polar surface area (TPSA) is 83.4 Å². The summed E-state index contributed by atoms with van der Waals surface area (Å²) >= 11 is 0. The molecule has 2 aromatic carbocycles. The number of aliphatic hydroxyl groups is 1. The average Bonchev–Trinajstić information content (AvgIpc) is 3.52. The Balaban J connectivity index is 1.44. The molecule has 2 aromatic heterocycles. The van der Waals surface area contributed by atoms with Crippen molar-refractivity contribution >= 4 is 27.5 Å². The fraction of sp³-hybridized carbons (Fsp3) is 0.367. The van der Waals surface area contributed by atoms with Crippen molar-refractivity contribution in [3.05, 3.63) is 66.5 Å². The molecular formula is C30H31F2N5O2. The molecule has 0 atom stereocenters. The van der Waals surface area contributed by atoms with E-state index in [-0.39, 0.29) is 29.4 Å². The third-order valence-corrected chi connectivity index (χ3v) is 7.99.